The number of fused-ring (bicyclic) bond motifs is 1. The molecule has 3 rings (SSSR count). The number of morpholine rings is 1. The van der Waals surface area contributed by atoms with Crippen molar-refractivity contribution in [2.75, 3.05) is 19.8 Å². The summed E-state index contributed by atoms with van der Waals surface area (Å²) in [7, 11) is 1.86. The van der Waals surface area contributed by atoms with Crippen LogP contribution >= 0.6 is 0 Å². The second-order valence-electron chi connectivity index (χ2n) is 5.23. The highest BCUT2D eigenvalue weighted by atomic mass is 16.5. The van der Waals surface area contributed by atoms with Gasteiger partial charge in [0.15, 0.2) is 5.65 Å². The summed E-state index contributed by atoms with van der Waals surface area (Å²) in [5.74, 6) is 0.0125. The summed E-state index contributed by atoms with van der Waals surface area (Å²) in [6.45, 7) is 5.74. The van der Waals surface area contributed by atoms with Crippen molar-refractivity contribution in [3.8, 4) is 0 Å². The van der Waals surface area contributed by atoms with Crippen molar-refractivity contribution in [1.29, 1.82) is 0 Å². The summed E-state index contributed by atoms with van der Waals surface area (Å²) < 4.78 is 7.10. The minimum absolute atomic E-state index is 0.0125. The average molecular weight is 274 g/mol. The Morgan fingerprint density at radius 3 is 3.05 bits per heavy atom. The number of aryl methyl sites for hydroxylation is 2. The molecule has 3 heterocycles. The Hall–Kier alpha value is -1.95. The van der Waals surface area contributed by atoms with Crippen LogP contribution in [0.1, 0.15) is 23.0 Å². The Kier molecular flexibility index (Phi) is 3.17. The molecule has 1 saturated heterocycles. The molecule has 2 aromatic heterocycles. The number of nitrogens with zero attached hydrogens (tertiary/aromatic N) is 4. The van der Waals surface area contributed by atoms with Gasteiger partial charge in [-0.15, -0.1) is 0 Å². The maximum Gasteiger partial charge on any atom is 0.255 e. The number of pyridine rings is 1. The third-order valence-corrected chi connectivity index (χ3v) is 3.74. The largest absolute Gasteiger partial charge is 0.377 e. The van der Waals surface area contributed by atoms with E-state index in [2.05, 4.69) is 10.1 Å². The van der Waals surface area contributed by atoms with Crippen molar-refractivity contribution < 1.29 is 9.53 Å². The van der Waals surface area contributed by atoms with E-state index < -0.39 is 0 Å². The van der Waals surface area contributed by atoms with E-state index in [9.17, 15) is 4.79 Å². The van der Waals surface area contributed by atoms with E-state index in [4.69, 9.17) is 4.74 Å². The van der Waals surface area contributed by atoms with Crippen LogP contribution < -0.4 is 0 Å². The Labute approximate surface area is 117 Å². The Bertz CT molecular complexity index is 664. The van der Waals surface area contributed by atoms with Gasteiger partial charge in [0.05, 0.1) is 30.5 Å². The van der Waals surface area contributed by atoms with E-state index in [1.54, 1.807) is 10.9 Å². The number of hydrogen-bond donors (Lipinski definition) is 0. The van der Waals surface area contributed by atoms with Crippen molar-refractivity contribution in [3.05, 3.63) is 23.5 Å². The van der Waals surface area contributed by atoms with Crippen LogP contribution in [0.2, 0.25) is 0 Å². The Morgan fingerprint density at radius 1 is 1.50 bits per heavy atom. The van der Waals surface area contributed by atoms with Gasteiger partial charge in [0.2, 0.25) is 0 Å². The van der Waals surface area contributed by atoms with Crippen molar-refractivity contribution in [2.45, 2.75) is 19.9 Å². The average Bonchev–Trinajstić information content (AvgIpc) is 2.73. The second kappa shape index (κ2) is 4.86. The smallest absolute Gasteiger partial charge is 0.255 e. The topological polar surface area (TPSA) is 60.2 Å². The number of aromatic nitrogens is 3. The number of amides is 1. The molecule has 1 aliphatic heterocycles. The molecule has 0 saturated carbocycles. The lowest BCUT2D eigenvalue weighted by atomic mass is 10.1. The molecule has 0 bridgehead atoms. The number of ether oxygens (including phenoxy) is 1. The maximum atomic E-state index is 12.6. The molecule has 6 heteroatoms. The lowest BCUT2D eigenvalue weighted by Crippen LogP contribution is -2.47. The molecule has 1 amide bonds. The van der Waals surface area contributed by atoms with Gasteiger partial charge in [-0.3, -0.25) is 9.48 Å². The van der Waals surface area contributed by atoms with Crippen LogP contribution in [0, 0.1) is 6.92 Å². The lowest BCUT2D eigenvalue weighted by Gasteiger charge is -2.33. The fourth-order valence-corrected chi connectivity index (χ4v) is 2.62. The first-order chi connectivity index (χ1) is 9.58. The minimum Gasteiger partial charge on any atom is -0.377 e. The summed E-state index contributed by atoms with van der Waals surface area (Å²) >= 11 is 0. The van der Waals surface area contributed by atoms with Crippen molar-refractivity contribution in [2.24, 2.45) is 7.05 Å². The van der Waals surface area contributed by atoms with Gasteiger partial charge in [-0.05, 0) is 19.9 Å². The molecule has 0 spiro atoms. The molecule has 0 aromatic carbocycles. The molecule has 0 N–H and O–H groups in total. The van der Waals surface area contributed by atoms with Gasteiger partial charge in [0.25, 0.3) is 5.91 Å². The van der Waals surface area contributed by atoms with E-state index in [-0.39, 0.29) is 11.9 Å². The normalized spacial score (nSPS) is 19.6. The highest BCUT2D eigenvalue weighted by molar-refractivity contribution is 5.97. The molecular formula is C14H18N4O2. The zero-order valence-corrected chi connectivity index (χ0v) is 12.0. The van der Waals surface area contributed by atoms with Gasteiger partial charge in [0, 0.05) is 25.2 Å². The second-order valence-corrected chi connectivity index (χ2v) is 5.23. The van der Waals surface area contributed by atoms with E-state index in [1.165, 1.54) is 0 Å². The summed E-state index contributed by atoms with van der Waals surface area (Å²) in [4.78, 5) is 18.8. The molecule has 1 atom stereocenters. The summed E-state index contributed by atoms with van der Waals surface area (Å²) in [6.07, 6.45) is 1.63. The summed E-state index contributed by atoms with van der Waals surface area (Å²) in [5, 5.41) is 5.26. The molecule has 20 heavy (non-hydrogen) atoms. The van der Waals surface area contributed by atoms with Gasteiger partial charge in [-0.25, -0.2) is 4.98 Å². The van der Waals surface area contributed by atoms with E-state index >= 15 is 0 Å². The first kappa shape index (κ1) is 13.1. The van der Waals surface area contributed by atoms with Gasteiger partial charge in [-0.2, -0.15) is 5.10 Å². The molecular weight excluding hydrogens is 256 g/mol. The lowest BCUT2D eigenvalue weighted by molar-refractivity contribution is 0.00358. The summed E-state index contributed by atoms with van der Waals surface area (Å²) in [5.41, 5.74) is 2.30. The third kappa shape index (κ3) is 2.06. The number of rotatable bonds is 1. The van der Waals surface area contributed by atoms with Gasteiger partial charge in [-0.1, -0.05) is 0 Å². The van der Waals surface area contributed by atoms with Gasteiger partial charge < -0.3 is 9.64 Å². The maximum absolute atomic E-state index is 12.6. The van der Waals surface area contributed by atoms with Crippen LogP contribution in [0.15, 0.2) is 12.3 Å². The fraction of sp³-hybridized carbons (Fsp3) is 0.500. The molecule has 6 nitrogen and oxygen atoms in total. The third-order valence-electron chi connectivity index (χ3n) is 3.74. The monoisotopic (exact) mass is 274 g/mol. The van der Waals surface area contributed by atoms with E-state index in [0.717, 1.165) is 16.7 Å². The molecule has 1 aliphatic rings. The zero-order chi connectivity index (χ0) is 14.3. The molecule has 0 aliphatic carbocycles. The highest BCUT2D eigenvalue weighted by Crippen LogP contribution is 2.19. The van der Waals surface area contributed by atoms with Crippen LogP contribution in [-0.2, 0) is 11.8 Å². The highest BCUT2D eigenvalue weighted by Gasteiger charge is 2.25. The predicted molar refractivity (Wildman–Crippen MR) is 74.6 cm³/mol. The first-order valence-corrected chi connectivity index (χ1v) is 6.76. The number of hydrogen-bond acceptors (Lipinski definition) is 4. The van der Waals surface area contributed by atoms with Crippen molar-refractivity contribution >= 4 is 16.9 Å². The fourth-order valence-electron chi connectivity index (χ4n) is 2.62. The van der Waals surface area contributed by atoms with Crippen molar-refractivity contribution in [3.63, 3.8) is 0 Å². The number of carbonyl (C=O) groups excluding carboxylic acids is 1. The van der Waals surface area contributed by atoms with Crippen LogP contribution in [-0.4, -0.2) is 51.4 Å². The Balaban J connectivity index is 1.97. The van der Waals surface area contributed by atoms with Crippen molar-refractivity contribution in [1.82, 2.24) is 19.7 Å². The van der Waals surface area contributed by atoms with Crippen LogP contribution in [0.3, 0.4) is 0 Å². The van der Waals surface area contributed by atoms with Gasteiger partial charge in [0.1, 0.15) is 0 Å². The minimum atomic E-state index is 0.0125. The molecule has 0 radical (unpaired) electrons. The number of carbonyl (C=O) groups is 1. The van der Waals surface area contributed by atoms with Crippen LogP contribution in [0.4, 0.5) is 0 Å². The van der Waals surface area contributed by atoms with Crippen LogP contribution in [0.5, 0.6) is 0 Å². The first-order valence-electron chi connectivity index (χ1n) is 6.76. The standard InChI is InChI=1S/C14H18N4O2/c1-9-8-20-5-4-18(9)14(19)11-6-12-10(2)16-17(3)13(12)15-7-11/h6-7,9H,4-5,8H2,1-3H3. The zero-order valence-electron chi connectivity index (χ0n) is 12.0. The summed E-state index contributed by atoms with van der Waals surface area (Å²) in [6, 6.07) is 1.98. The van der Waals surface area contributed by atoms with Crippen LogP contribution in [0.25, 0.3) is 11.0 Å². The quantitative estimate of drug-likeness (QED) is 0.782. The predicted octanol–water partition coefficient (Wildman–Crippen LogP) is 1.14. The SMILES string of the molecule is Cc1nn(C)c2ncc(C(=O)N3CCOCC3C)cc12. The van der Waals surface area contributed by atoms with Gasteiger partial charge >= 0.3 is 0 Å². The molecule has 1 unspecified atom stereocenters. The van der Waals surface area contributed by atoms with E-state index in [1.807, 2.05) is 31.9 Å². The molecule has 106 valence electrons. The molecule has 2 aromatic rings. The van der Waals surface area contributed by atoms with E-state index in [0.29, 0.717) is 25.3 Å². The Morgan fingerprint density at radius 2 is 2.30 bits per heavy atom. The molecule has 1 fully saturated rings.